The van der Waals surface area contributed by atoms with Gasteiger partial charge in [-0.05, 0) is 68.0 Å². The maximum atomic E-state index is 12.5. The monoisotopic (exact) mass is 347 g/mol. The second-order valence-corrected chi connectivity index (χ2v) is 8.44. The Morgan fingerprint density at radius 2 is 1.79 bits per heavy atom. The number of nitrogens with two attached hydrogens (primary N) is 1. The molecule has 6 heteroatoms. The summed E-state index contributed by atoms with van der Waals surface area (Å²) < 4.78 is 30.8. The highest BCUT2D eigenvalue weighted by atomic mass is 32.2. The Kier molecular flexibility index (Phi) is 4.17. The molecule has 1 aliphatic rings. The van der Waals surface area contributed by atoms with E-state index in [1.165, 1.54) is 12.1 Å². The summed E-state index contributed by atoms with van der Waals surface area (Å²) in [6.07, 6.45) is 1.86. The van der Waals surface area contributed by atoms with Crippen LogP contribution < -0.4 is 10.5 Å². The lowest BCUT2D eigenvalue weighted by molar-refractivity contribution is 0.446. The fraction of sp³-hybridized carbons (Fsp3) is 0.333. The van der Waals surface area contributed by atoms with Crippen molar-refractivity contribution in [3.05, 3.63) is 41.5 Å². The van der Waals surface area contributed by atoms with E-state index in [4.69, 9.17) is 10.5 Å². The number of rotatable bonds is 5. The Labute approximate surface area is 142 Å². The lowest BCUT2D eigenvalue weighted by Crippen LogP contribution is -2.08. The first-order valence-electron chi connectivity index (χ1n) is 7.86. The molecule has 5 nitrogen and oxygen atoms in total. The zero-order chi connectivity index (χ0) is 17.5. The predicted molar refractivity (Wildman–Crippen MR) is 93.3 cm³/mol. The first-order chi connectivity index (χ1) is 11.3. The number of phenolic OH excluding ortho intramolecular Hbond substituents is 1. The summed E-state index contributed by atoms with van der Waals surface area (Å²) in [7, 11) is -3.52. The number of aromatic hydroxyl groups is 1. The summed E-state index contributed by atoms with van der Waals surface area (Å²) >= 11 is 0. The van der Waals surface area contributed by atoms with E-state index in [1.807, 2.05) is 13.8 Å². The van der Waals surface area contributed by atoms with Crippen molar-refractivity contribution < 1.29 is 18.3 Å². The van der Waals surface area contributed by atoms with Gasteiger partial charge >= 0.3 is 0 Å². The molecule has 1 fully saturated rings. The second kappa shape index (κ2) is 6.02. The number of ether oxygens (including phenoxy) is 1. The van der Waals surface area contributed by atoms with Gasteiger partial charge in [-0.2, -0.15) is 0 Å². The van der Waals surface area contributed by atoms with E-state index < -0.39 is 9.84 Å². The highest BCUT2D eigenvalue weighted by Crippen LogP contribution is 2.37. The molecule has 2 aromatic rings. The van der Waals surface area contributed by atoms with Crippen LogP contribution in [0.15, 0.2) is 35.2 Å². The van der Waals surface area contributed by atoms with Crippen LogP contribution in [0.5, 0.6) is 17.2 Å². The van der Waals surface area contributed by atoms with Gasteiger partial charge in [0.15, 0.2) is 9.84 Å². The van der Waals surface area contributed by atoms with Gasteiger partial charge in [-0.15, -0.1) is 0 Å². The van der Waals surface area contributed by atoms with Gasteiger partial charge in [0.25, 0.3) is 0 Å². The van der Waals surface area contributed by atoms with Crippen molar-refractivity contribution in [3.8, 4) is 17.2 Å². The van der Waals surface area contributed by atoms with E-state index >= 15 is 0 Å². The standard InChI is InChI=1S/C18H21NO4S/c1-11-7-14(19)8-12(2)18(11)23-15-5-6-16(20)17(9-15)24(21,22)10-13-3-4-13/h5-9,13,20H,3-4,10,19H2,1-2H3. The molecule has 2 aromatic carbocycles. The van der Waals surface area contributed by atoms with Gasteiger partial charge < -0.3 is 15.6 Å². The van der Waals surface area contributed by atoms with Crippen LogP contribution in [-0.2, 0) is 9.84 Å². The van der Waals surface area contributed by atoms with E-state index in [-0.39, 0.29) is 22.3 Å². The lowest BCUT2D eigenvalue weighted by Gasteiger charge is -2.14. The molecular formula is C18H21NO4S. The molecule has 0 spiro atoms. The Bertz CT molecular complexity index is 863. The molecule has 128 valence electrons. The Morgan fingerprint density at radius 3 is 2.38 bits per heavy atom. The predicted octanol–water partition coefficient (Wildman–Crippen LogP) is 3.57. The number of aryl methyl sites for hydroxylation is 2. The molecule has 0 unspecified atom stereocenters. The highest BCUT2D eigenvalue weighted by Gasteiger charge is 2.30. The zero-order valence-corrected chi connectivity index (χ0v) is 14.6. The van der Waals surface area contributed by atoms with Crippen molar-refractivity contribution >= 4 is 15.5 Å². The molecule has 0 atom stereocenters. The maximum Gasteiger partial charge on any atom is 0.182 e. The molecule has 0 saturated heterocycles. The second-order valence-electron chi connectivity index (χ2n) is 6.44. The molecule has 0 radical (unpaired) electrons. The number of anilines is 1. The van der Waals surface area contributed by atoms with Gasteiger partial charge in [0.2, 0.25) is 0 Å². The Morgan fingerprint density at radius 1 is 1.17 bits per heavy atom. The van der Waals surface area contributed by atoms with Gasteiger partial charge in [-0.25, -0.2) is 8.42 Å². The smallest absolute Gasteiger partial charge is 0.182 e. The first kappa shape index (κ1) is 16.6. The SMILES string of the molecule is Cc1cc(N)cc(C)c1Oc1ccc(O)c(S(=O)(=O)CC2CC2)c1. The topological polar surface area (TPSA) is 89.6 Å². The fourth-order valence-corrected chi connectivity index (χ4v) is 4.57. The number of nitrogen functional groups attached to an aromatic ring is 1. The van der Waals surface area contributed by atoms with E-state index in [0.29, 0.717) is 17.2 Å². The number of phenols is 1. The van der Waals surface area contributed by atoms with Crippen molar-refractivity contribution in [2.75, 3.05) is 11.5 Å². The molecule has 0 bridgehead atoms. The summed E-state index contributed by atoms with van der Waals surface area (Å²) in [6, 6.07) is 7.90. The molecule has 3 rings (SSSR count). The van der Waals surface area contributed by atoms with Crippen LogP contribution in [0, 0.1) is 19.8 Å². The molecule has 1 saturated carbocycles. The van der Waals surface area contributed by atoms with Crippen LogP contribution in [0.3, 0.4) is 0 Å². The molecule has 1 aliphatic carbocycles. The fourth-order valence-electron chi connectivity index (χ4n) is 2.75. The average Bonchev–Trinajstić information content (AvgIpc) is 3.27. The van der Waals surface area contributed by atoms with Crippen LogP contribution in [0.4, 0.5) is 5.69 Å². The minimum absolute atomic E-state index is 0.0716. The van der Waals surface area contributed by atoms with Crippen molar-refractivity contribution in [1.29, 1.82) is 0 Å². The van der Waals surface area contributed by atoms with Crippen LogP contribution in [-0.4, -0.2) is 19.3 Å². The molecule has 24 heavy (non-hydrogen) atoms. The first-order valence-corrected chi connectivity index (χ1v) is 9.52. The van der Waals surface area contributed by atoms with E-state index in [0.717, 1.165) is 24.0 Å². The van der Waals surface area contributed by atoms with Gasteiger partial charge in [-0.1, -0.05) is 0 Å². The van der Waals surface area contributed by atoms with Crippen LogP contribution in [0.25, 0.3) is 0 Å². The molecule has 3 N–H and O–H groups in total. The normalized spacial score (nSPS) is 14.6. The van der Waals surface area contributed by atoms with Gasteiger partial charge in [0.1, 0.15) is 22.1 Å². The van der Waals surface area contributed by atoms with Gasteiger partial charge in [-0.3, -0.25) is 0 Å². The third-order valence-corrected chi connectivity index (χ3v) is 6.03. The van der Waals surface area contributed by atoms with Crippen LogP contribution >= 0.6 is 0 Å². The minimum Gasteiger partial charge on any atom is -0.507 e. The van der Waals surface area contributed by atoms with Crippen molar-refractivity contribution in [2.24, 2.45) is 5.92 Å². The summed E-state index contributed by atoms with van der Waals surface area (Å²) in [4.78, 5) is -0.0716. The molecule has 0 aliphatic heterocycles. The minimum atomic E-state index is -3.52. The van der Waals surface area contributed by atoms with Crippen molar-refractivity contribution in [1.82, 2.24) is 0 Å². The van der Waals surface area contributed by atoms with E-state index in [1.54, 1.807) is 18.2 Å². The number of benzene rings is 2. The van der Waals surface area contributed by atoms with Crippen molar-refractivity contribution in [2.45, 2.75) is 31.6 Å². The van der Waals surface area contributed by atoms with Gasteiger partial charge in [0, 0.05) is 11.8 Å². The largest absolute Gasteiger partial charge is 0.507 e. The lowest BCUT2D eigenvalue weighted by atomic mass is 10.1. The molecule has 0 amide bonds. The quantitative estimate of drug-likeness (QED) is 0.807. The Balaban J connectivity index is 1.94. The third-order valence-electron chi connectivity index (χ3n) is 4.12. The molecular weight excluding hydrogens is 326 g/mol. The molecule has 0 heterocycles. The number of sulfone groups is 1. The average molecular weight is 347 g/mol. The zero-order valence-electron chi connectivity index (χ0n) is 13.7. The maximum absolute atomic E-state index is 12.5. The van der Waals surface area contributed by atoms with E-state index in [2.05, 4.69) is 0 Å². The van der Waals surface area contributed by atoms with Gasteiger partial charge in [0.05, 0.1) is 5.75 Å². The van der Waals surface area contributed by atoms with Crippen LogP contribution in [0.1, 0.15) is 24.0 Å². The highest BCUT2D eigenvalue weighted by molar-refractivity contribution is 7.91. The number of hydrogen-bond donors (Lipinski definition) is 2. The van der Waals surface area contributed by atoms with Crippen LogP contribution in [0.2, 0.25) is 0 Å². The summed E-state index contributed by atoms with van der Waals surface area (Å²) in [5.41, 5.74) is 8.18. The summed E-state index contributed by atoms with van der Waals surface area (Å²) in [5, 5.41) is 9.96. The molecule has 0 aromatic heterocycles. The summed E-state index contributed by atoms with van der Waals surface area (Å²) in [6.45, 7) is 3.76. The third kappa shape index (κ3) is 3.48. The van der Waals surface area contributed by atoms with E-state index in [9.17, 15) is 13.5 Å². The van der Waals surface area contributed by atoms with Crippen molar-refractivity contribution in [3.63, 3.8) is 0 Å². The Hall–Kier alpha value is -2.21. The summed E-state index contributed by atoms with van der Waals surface area (Å²) in [5.74, 6) is 1.05. The number of hydrogen-bond acceptors (Lipinski definition) is 5.